The topological polar surface area (TPSA) is 30.7 Å². The van der Waals surface area contributed by atoms with E-state index in [0.29, 0.717) is 10.0 Å². The molecule has 0 amide bonds. The molecule has 1 aromatic carbocycles. The zero-order chi connectivity index (χ0) is 12.4. The first-order valence-corrected chi connectivity index (χ1v) is 6.92. The summed E-state index contributed by atoms with van der Waals surface area (Å²) in [7, 11) is 0. The molecule has 0 saturated carbocycles. The fourth-order valence-electron chi connectivity index (χ4n) is 1.44. The van der Waals surface area contributed by atoms with E-state index < -0.39 is 0 Å². The molecule has 0 radical (unpaired) electrons. The van der Waals surface area contributed by atoms with E-state index in [0.717, 1.165) is 28.7 Å². The number of aryl methyl sites for hydroxylation is 2. The molecule has 1 heterocycles. The van der Waals surface area contributed by atoms with E-state index in [1.165, 1.54) is 0 Å². The van der Waals surface area contributed by atoms with Gasteiger partial charge in [-0.25, -0.2) is 4.68 Å². The molecule has 6 heteroatoms. The van der Waals surface area contributed by atoms with Crippen LogP contribution in [0.25, 0.3) is 5.69 Å². The molecule has 0 aliphatic heterocycles. The lowest BCUT2D eigenvalue weighted by atomic mass is 10.2. The minimum Gasteiger partial charge on any atom is -0.219 e. The van der Waals surface area contributed by atoms with Crippen LogP contribution in [0.5, 0.6) is 0 Å². The van der Waals surface area contributed by atoms with Gasteiger partial charge in [-0.3, -0.25) is 0 Å². The Morgan fingerprint density at radius 2 is 2.06 bits per heavy atom. The van der Waals surface area contributed by atoms with Crippen LogP contribution in [0.15, 0.2) is 18.3 Å². The molecule has 3 nitrogen and oxygen atoms in total. The molecule has 0 atom stereocenters. The van der Waals surface area contributed by atoms with Gasteiger partial charge in [0.2, 0.25) is 0 Å². The summed E-state index contributed by atoms with van der Waals surface area (Å²) >= 11 is 15.6. The van der Waals surface area contributed by atoms with Crippen LogP contribution in [-0.2, 0) is 6.42 Å². The van der Waals surface area contributed by atoms with Crippen LogP contribution < -0.4 is 0 Å². The normalized spacial score (nSPS) is 10.8. The molecule has 0 bridgehead atoms. The van der Waals surface area contributed by atoms with Crippen molar-refractivity contribution in [2.45, 2.75) is 13.3 Å². The third kappa shape index (κ3) is 2.81. The zero-order valence-electron chi connectivity index (χ0n) is 9.12. The summed E-state index contributed by atoms with van der Waals surface area (Å²) in [6, 6.07) is 3.62. The summed E-state index contributed by atoms with van der Waals surface area (Å²) in [6.07, 6.45) is 2.69. The maximum atomic E-state index is 6.17. The van der Waals surface area contributed by atoms with Crippen LogP contribution in [0.1, 0.15) is 11.3 Å². The molecule has 0 aliphatic carbocycles. The van der Waals surface area contributed by atoms with Crippen molar-refractivity contribution < 1.29 is 0 Å². The number of hydrogen-bond acceptors (Lipinski definition) is 2. The molecule has 0 N–H and O–H groups in total. The highest BCUT2D eigenvalue weighted by atomic mass is 79.9. The van der Waals surface area contributed by atoms with Gasteiger partial charge in [0.25, 0.3) is 0 Å². The van der Waals surface area contributed by atoms with Crippen LogP contribution in [-0.4, -0.2) is 20.3 Å². The lowest BCUT2D eigenvalue weighted by Crippen LogP contribution is -1.96. The Labute approximate surface area is 118 Å². The molecule has 17 heavy (non-hydrogen) atoms. The first-order valence-electron chi connectivity index (χ1n) is 5.05. The maximum Gasteiger partial charge on any atom is 0.0864 e. The first-order chi connectivity index (χ1) is 8.11. The fourth-order valence-corrected chi connectivity index (χ4v) is 2.31. The fraction of sp³-hybridized carbons (Fsp3) is 0.273. The minimum atomic E-state index is 0.613. The molecule has 2 rings (SSSR count). The van der Waals surface area contributed by atoms with E-state index in [1.807, 2.05) is 19.2 Å². The molecule has 0 fully saturated rings. The molecular formula is C11H10BrCl2N3. The van der Waals surface area contributed by atoms with Gasteiger partial charge >= 0.3 is 0 Å². The monoisotopic (exact) mass is 333 g/mol. The number of aromatic nitrogens is 3. The highest BCUT2D eigenvalue weighted by molar-refractivity contribution is 9.09. The van der Waals surface area contributed by atoms with Crippen LogP contribution >= 0.6 is 39.1 Å². The number of halogens is 3. The van der Waals surface area contributed by atoms with Crippen molar-refractivity contribution in [3.05, 3.63) is 39.6 Å². The average molecular weight is 335 g/mol. The van der Waals surface area contributed by atoms with Gasteiger partial charge in [-0.05, 0) is 24.6 Å². The van der Waals surface area contributed by atoms with Crippen LogP contribution in [0.4, 0.5) is 0 Å². The number of hydrogen-bond donors (Lipinski definition) is 0. The summed E-state index contributed by atoms with van der Waals surface area (Å²) in [4.78, 5) is 0. The smallest absolute Gasteiger partial charge is 0.0864 e. The van der Waals surface area contributed by atoms with Crippen molar-refractivity contribution >= 4 is 39.1 Å². The van der Waals surface area contributed by atoms with Gasteiger partial charge < -0.3 is 0 Å². The Morgan fingerprint density at radius 1 is 1.29 bits per heavy atom. The lowest BCUT2D eigenvalue weighted by Gasteiger charge is -2.06. The second-order valence-electron chi connectivity index (χ2n) is 3.65. The van der Waals surface area contributed by atoms with Gasteiger partial charge in [0.1, 0.15) is 0 Å². The summed E-state index contributed by atoms with van der Waals surface area (Å²) < 4.78 is 1.64. The van der Waals surface area contributed by atoms with Gasteiger partial charge in [-0.2, -0.15) is 0 Å². The summed E-state index contributed by atoms with van der Waals surface area (Å²) in [5, 5.41) is 10.2. The van der Waals surface area contributed by atoms with E-state index in [4.69, 9.17) is 23.2 Å². The minimum absolute atomic E-state index is 0.613. The Balaban J connectivity index is 2.41. The maximum absolute atomic E-state index is 6.17. The van der Waals surface area contributed by atoms with Gasteiger partial charge in [0, 0.05) is 16.8 Å². The molecule has 0 aliphatic rings. The Morgan fingerprint density at radius 3 is 2.76 bits per heavy atom. The third-order valence-electron chi connectivity index (χ3n) is 2.37. The summed E-state index contributed by atoms with van der Waals surface area (Å²) in [6.45, 7) is 1.91. The molecule has 0 saturated heterocycles. The molecule has 1 aromatic heterocycles. The van der Waals surface area contributed by atoms with E-state index in [1.54, 1.807) is 10.7 Å². The number of alkyl halides is 1. The van der Waals surface area contributed by atoms with Crippen LogP contribution in [0.2, 0.25) is 10.0 Å². The second kappa shape index (κ2) is 5.38. The molecule has 2 aromatic rings. The predicted molar refractivity (Wildman–Crippen MR) is 73.6 cm³/mol. The second-order valence-corrected chi connectivity index (χ2v) is 5.25. The number of benzene rings is 1. The van der Waals surface area contributed by atoms with Crippen molar-refractivity contribution in [1.29, 1.82) is 0 Å². The summed E-state index contributed by atoms with van der Waals surface area (Å²) in [5.41, 5.74) is 2.60. The van der Waals surface area contributed by atoms with Crippen LogP contribution in [0.3, 0.4) is 0 Å². The average Bonchev–Trinajstić information content (AvgIpc) is 2.72. The quantitative estimate of drug-likeness (QED) is 0.799. The van der Waals surface area contributed by atoms with E-state index >= 15 is 0 Å². The molecular weight excluding hydrogens is 325 g/mol. The Kier molecular flexibility index (Phi) is 4.07. The molecule has 0 unspecified atom stereocenters. The van der Waals surface area contributed by atoms with Crippen molar-refractivity contribution in [3.8, 4) is 5.69 Å². The van der Waals surface area contributed by atoms with E-state index in [2.05, 4.69) is 26.2 Å². The Hall–Kier alpha value is -0.580. The largest absolute Gasteiger partial charge is 0.219 e. The lowest BCUT2D eigenvalue weighted by molar-refractivity contribution is 0.798. The van der Waals surface area contributed by atoms with Crippen molar-refractivity contribution in [1.82, 2.24) is 15.0 Å². The zero-order valence-corrected chi connectivity index (χ0v) is 12.2. The van der Waals surface area contributed by atoms with Gasteiger partial charge in [0.05, 0.1) is 22.6 Å². The van der Waals surface area contributed by atoms with Gasteiger partial charge in [0.15, 0.2) is 0 Å². The highest BCUT2D eigenvalue weighted by Crippen LogP contribution is 2.27. The van der Waals surface area contributed by atoms with E-state index in [-0.39, 0.29) is 0 Å². The molecule has 0 spiro atoms. The highest BCUT2D eigenvalue weighted by Gasteiger charge is 2.09. The molecule has 90 valence electrons. The van der Waals surface area contributed by atoms with E-state index in [9.17, 15) is 0 Å². The van der Waals surface area contributed by atoms with Crippen molar-refractivity contribution in [3.63, 3.8) is 0 Å². The standard InChI is InChI=1S/C11H10BrCl2N3/c1-7-4-10(14)11(5-9(7)13)17-6-8(2-3-12)15-16-17/h4-6H,2-3H2,1H3. The number of nitrogens with zero attached hydrogens (tertiary/aromatic N) is 3. The predicted octanol–water partition coefficient (Wildman–Crippen LogP) is 3.82. The van der Waals surface area contributed by atoms with Crippen LogP contribution in [0, 0.1) is 6.92 Å². The first kappa shape index (κ1) is 12.9. The van der Waals surface area contributed by atoms with Gasteiger partial charge in [-0.1, -0.05) is 44.3 Å². The van der Waals surface area contributed by atoms with Gasteiger partial charge in [-0.15, -0.1) is 5.10 Å². The third-order valence-corrected chi connectivity index (χ3v) is 3.47. The number of rotatable bonds is 3. The summed E-state index contributed by atoms with van der Waals surface area (Å²) in [5.74, 6) is 0. The van der Waals surface area contributed by atoms with Crippen molar-refractivity contribution in [2.75, 3.05) is 5.33 Å². The Bertz CT molecular complexity index is 540. The van der Waals surface area contributed by atoms with Crippen molar-refractivity contribution in [2.24, 2.45) is 0 Å². The SMILES string of the molecule is Cc1cc(Cl)c(-n2cc(CCBr)nn2)cc1Cl.